The molecule has 1 aliphatic rings. The number of hydrogen-bond acceptors (Lipinski definition) is 3. The largest absolute Gasteiger partial charge is 0.331 e. The summed E-state index contributed by atoms with van der Waals surface area (Å²) in [6.45, 7) is 0.909. The zero-order valence-electron chi connectivity index (χ0n) is 11.0. The maximum Gasteiger partial charge on any atom is 0.203 e. The second-order valence-electron chi connectivity index (χ2n) is 5.04. The van der Waals surface area contributed by atoms with Gasteiger partial charge in [0.05, 0.1) is 6.04 Å². The summed E-state index contributed by atoms with van der Waals surface area (Å²) in [6.07, 6.45) is 4.75. The number of benzene rings is 1. The van der Waals surface area contributed by atoms with Crippen LogP contribution >= 0.6 is 11.3 Å². The molecule has 1 aromatic carbocycles. The monoisotopic (exact) mass is 281 g/mol. The Hall–Kier alpha value is -2.07. The molecule has 1 N–H and O–H groups in total. The number of thiophene rings is 1. The van der Waals surface area contributed by atoms with Crippen LogP contribution in [0.4, 0.5) is 5.95 Å². The molecule has 0 saturated carbocycles. The highest BCUT2D eigenvalue weighted by Crippen LogP contribution is 2.36. The SMILES string of the molecule is c1csc(C2Cc3ccccc3CN2c2ncc[nH]2)c1. The molecule has 100 valence electrons. The third-order valence-electron chi connectivity index (χ3n) is 3.88. The smallest absolute Gasteiger partial charge is 0.203 e. The standard InChI is InChI=1S/C16H15N3S/c1-2-5-13-11-19(16-17-7-8-18-16)14(10-12(13)4-1)15-6-3-9-20-15/h1-9,14H,10-11H2,(H,17,18). The molecule has 0 amide bonds. The summed E-state index contributed by atoms with van der Waals surface area (Å²) >= 11 is 1.82. The highest BCUT2D eigenvalue weighted by molar-refractivity contribution is 7.10. The van der Waals surface area contributed by atoms with Crippen molar-refractivity contribution in [1.82, 2.24) is 9.97 Å². The minimum Gasteiger partial charge on any atom is -0.331 e. The van der Waals surface area contributed by atoms with E-state index in [-0.39, 0.29) is 0 Å². The van der Waals surface area contributed by atoms with Gasteiger partial charge in [0, 0.05) is 23.8 Å². The number of nitrogens with zero attached hydrogens (tertiary/aromatic N) is 2. The molecule has 0 spiro atoms. The van der Waals surface area contributed by atoms with Crippen LogP contribution < -0.4 is 4.90 Å². The van der Waals surface area contributed by atoms with Crippen molar-refractivity contribution < 1.29 is 0 Å². The lowest BCUT2D eigenvalue weighted by Crippen LogP contribution is -2.34. The van der Waals surface area contributed by atoms with E-state index in [1.165, 1.54) is 16.0 Å². The van der Waals surface area contributed by atoms with Gasteiger partial charge in [0.1, 0.15) is 0 Å². The molecule has 0 bridgehead atoms. The summed E-state index contributed by atoms with van der Waals surface area (Å²) < 4.78 is 0. The minimum atomic E-state index is 0.371. The molecule has 4 heteroatoms. The molecule has 0 saturated heterocycles. The molecule has 3 aromatic rings. The zero-order chi connectivity index (χ0) is 13.4. The van der Waals surface area contributed by atoms with E-state index in [1.807, 2.05) is 23.7 Å². The summed E-state index contributed by atoms with van der Waals surface area (Å²) in [6, 6.07) is 13.4. The predicted molar refractivity (Wildman–Crippen MR) is 82.0 cm³/mol. The van der Waals surface area contributed by atoms with Gasteiger partial charge in [-0.2, -0.15) is 0 Å². The fourth-order valence-corrected chi connectivity index (χ4v) is 3.73. The van der Waals surface area contributed by atoms with Crippen molar-refractivity contribution >= 4 is 17.3 Å². The van der Waals surface area contributed by atoms with Crippen LogP contribution in [0.5, 0.6) is 0 Å². The summed E-state index contributed by atoms with van der Waals surface area (Å²) in [4.78, 5) is 11.5. The predicted octanol–water partition coefficient (Wildman–Crippen LogP) is 3.78. The number of aromatic nitrogens is 2. The molecule has 1 aliphatic heterocycles. The van der Waals surface area contributed by atoms with Gasteiger partial charge < -0.3 is 9.88 Å². The second-order valence-corrected chi connectivity index (χ2v) is 6.02. The van der Waals surface area contributed by atoms with Crippen molar-refractivity contribution in [2.45, 2.75) is 19.0 Å². The van der Waals surface area contributed by atoms with Gasteiger partial charge in [-0.25, -0.2) is 4.98 Å². The Balaban J connectivity index is 1.79. The van der Waals surface area contributed by atoms with E-state index in [0.717, 1.165) is 18.9 Å². The van der Waals surface area contributed by atoms with Crippen molar-refractivity contribution in [2.75, 3.05) is 4.90 Å². The van der Waals surface area contributed by atoms with Crippen molar-refractivity contribution in [3.63, 3.8) is 0 Å². The third-order valence-corrected chi connectivity index (χ3v) is 4.85. The van der Waals surface area contributed by atoms with E-state index in [1.54, 1.807) is 0 Å². The molecule has 0 aliphatic carbocycles. The normalized spacial score (nSPS) is 18.0. The van der Waals surface area contributed by atoms with E-state index >= 15 is 0 Å². The van der Waals surface area contributed by atoms with Crippen LogP contribution in [-0.2, 0) is 13.0 Å². The number of aromatic amines is 1. The number of fused-ring (bicyclic) bond motifs is 1. The molecule has 4 rings (SSSR count). The Bertz CT molecular complexity index is 627. The van der Waals surface area contributed by atoms with Crippen LogP contribution in [0.15, 0.2) is 54.2 Å². The number of hydrogen-bond donors (Lipinski definition) is 1. The third kappa shape index (κ3) is 1.93. The molecule has 3 nitrogen and oxygen atoms in total. The molecule has 2 aromatic heterocycles. The first-order valence-corrected chi connectivity index (χ1v) is 7.66. The van der Waals surface area contributed by atoms with E-state index in [9.17, 15) is 0 Å². The van der Waals surface area contributed by atoms with E-state index in [2.05, 4.69) is 56.6 Å². The molecule has 1 atom stereocenters. The Labute approximate surface area is 121 Å². The van der Waals surface area contributed by atoms with E-state index in [4.69, 9.17) is 0 Å². The first-order valence-electron chi connectivity index (χ1n) is 6.78. The fourth-order valence-electron chi connectivity index (χ4n) is 2.89. The summed E-state index contributed by atoms with van der Waals surface area (Å²) in [5, 5.41) is 2.15. The van der Waals surface area contributed by atoms with Crippen LogP contribution in [0.1, 0.15) is 22.0 Å². The molecule has 0 radical (unpaired) electrons. The van der Waals surface area contributed by atoms with Crippen LogP contribution in [0.2, 0.25) is 0 Å². The topological polar surface area (TPSA) is 31.9 Å². The maximum atomic E-state index is 4.45. The highest BCUT2D eigenvalue weighted by atomic mass is 32.1. The van der Waals surface area contributed by atoms with Crippen molar-refractivity contribution in [2.24, 2.45) is 0 Å². The minimum absolute atomic E-state index is 0.371. The lowest BCUT2D eigenvalue weighted by Gasteiger charge is -2.36. The number of imidazole rings is 1. The van der Waals surface area contributed by atoms with Gasteiger partial charge in [-0.3, -0.25) is 0 Å². The first kappa shape index (κ1) is 11.7. The Morgan fingerprint density at radius 1 is 1.15 bits per heavy atom. The van der Waals surface area contributed by atoms with E-state index < -0.39 is 0 Å². The molecular formula is C16H15N3S. The van der Waals surface area contributed by atoms with Gasteiger partial charge in [0.15, 0.2) is 0 Å². The second kappa shape index (κ2) is 4.80. The molecular weight excluding hydrogens is 266 g/mol. The first-order chi connectivity index (χ1) is 9.92. The van der Waals surface area contributed by atoms with E-state index in [0.29, 0.717) is 6.04 Å². The fraction of sp³-hybridized carbons (Fsp3) is 0.188. The Kier molecular flexibility index (Phi) is 2.81. The van der Waals surface area contributed by atoms with Crippen LogP contribution in [0.25, 0.3) is 0 Å². The van der Waals surface area contributed by atoms with Crippen molar-refractivity contribution in [3.05, 3.63) is 70.2 Å². The van der Waals surface area contributed by atoms with Crippen LogP contribution in [0, 0.1) is 0 Å². The molecule has 1 unspecified atom stereocenters. The average molecular weight is 281 g/mol. The van der Waals surface area contributed by atoms with Crippen molar-refractivity contribution in [3.8, 4) is 0 Å². The highest BCUT2D eigenvalue weighted by Gasteiger charge is 2.29. The maximum absolute atomic E-state index is 4.45. The van der Waals surface area contributed by atoms with Crippen LogP contribution in [0.3, 0.4) is 0 Å². The average Bonchev–Trinajstić information content (AvgIpc) is 3.19. The van der Waals surface area contributed by atoms with Gasteiger partial charge in [0.25, 0.3) is 0 Å². The summed E-state index contributed by atoms with van der Waals surface area (Å²) in [5.74, 6) is 0.956. The summed E-state index contributed by atoms with van der Waals surface area (Å²) in [5.41, 5.74) is 2.85. The van der Waals surface area contributed by atoms with Gasteiger partial charge in [-0.15, -0.1) is 11.3 Å². The Morgan fingerprint density at radius 2 is 2.05 bits per heavy atom. The molecule has 0 fully saturated rings. The number of rotatable bonds is 2. The van der Waals surface area contributed by atoms with Crippen LogP contribution in [-0.4, -0.2) is 9.97 Å². The number of H-pyrrole nitrogens is 1. The lowest BCUT2D eigenvalue weighted by atomic mass is 9.93. The number of nitrogens with one attached hydrogen (secondary N) is 1. The van der Waals surface area contributed by atoms with Gasteiger partial charge in [-0.05, 0) is 29.0 Å². The molecule has 3 heterocycles. The Morgan fingerprint density at radius 3 is 2.80 bits per heavy atom. The van der Waals surface area contributed by atoms with Gasteiger partial charge >= 0.3 is 0 Å². The van der Waals surface area contributed by atoms with Gasteiger partial charge in [-0.1, -0.05) is 30.3 Å². The van der Waals surface area contributed by atoms with Gasteiger partial charge in [0.2, 0.25) is 5.95 Å². The lowest BCUT2D eigenvalue weighted by molar-refractivity contribution is 0.576. The number of anilines is 1. The molecule has 20 heavy (non-hydrogen) atoms. The zero-order valence-corrected chi connectivity index (χ0v) is 11.8. The van der Waals surface area contributed by atoms with Crippen molar-refractivity contribution in [1.29, 1.82) is 0 Å². The summed E-state index contributed by atoms with van der Waals surface area (Å²) in [7, 11) is 0. The quantitative estimate of drug-likeness (QED) is 0.775.